The fraction of sp³-hybridized carbons (Fsp3) is 0.476. The molecule has 2 aromatic rings. The van der Waals surface area contributed by atoms with Gasteiger partial charge in [0.15, 0.2) is 6.10 Å². The minimum Gasteiger partial charge on any atom is -0.480 e. The molecule has 2 amide bonds. The Hall–Kier alpha value is -2.83. The van der Waals surface area contributed by atoms with Crippen LogP contribution in [0, 0.1) is 0 Å². The normalized spacial score (nSPS) is 20.3. The highest BCUT2D eigenvalue weighted by molar-refractivity contribution is 5.82. The molecule has 1 aliphatic carbocycles. The van der Waals surface area contributed by atoms with Crippen LogP contribution in [-0.2, 0) is 35.5 Å². The highest BCUT2D eigenvalue weighted by Crippen LogP contribution is 2.29. The molecular weight excluding hydrogens is 356 g/mol. The van der Waals surface area contributed by atoms with Gasteiger partial charge in [-0.3, -0.25) is 14.3 Å². The predicted molar refractivity (Wildman–Crippen MR) is 102 cm³/mol. The average molecular weight is 380 g/mol. The van der Waals surface area contributed by atoms with E-state index in [1.54, 1.807) is 0 Å². The monoisotopic (exact) mass is 380 g/mol. The zero-order chi connectivity index (χ0) is 19.1. The van der Waals surface area contributed by atoms with E-state index in [2.05, 4.69) is 10.4 Å². The molecule has 0 radical (unpaired) electrons. The molecule has 28 heavy (non-hydrogen) atoms. The number of para-hydroxylation sites is 1. The predicted octanol–water partition coefficient (Wildman–Crippen LogP) is 1.44. The highest BCUT2D eigenvalue weighted by Gasteiger charge is 2.34. The Balaban J connectivity index is 1.19. The summed E-state index contributed by atoms with van der Waals surface area (Å²) in [5.74, 6) is 0.951. The largest absolute Gasteiger partial charge is 0.480 e. The molecule has 1 saturated carbocycles. The van der Waals surface area contributed by atoms with Gasteiger partial charge >= 0.3 is 0 Å². The Morgan fingerprint density at radius 2 is 2.07 bits per heavy atom. The van der Waals surface area contributed by atoms with Crippen LogP contribution in [0.15, 0.2) is 30.3 Å². The van der Waals surface area contributed by atoms with Gasteiger partial charge in [-0.15, -0.1) is 0 Å². The summed E-state index contributed by atoms with van der Waals surface area (Å²) >= 11 is 0. The lowest BCUT2D eigenvalue weighted by atomic mass is 10.1. The van der Waals surface area contributed by atoms with Gasteiger partial charge in [-0.25, -0.2) is 0 Å². The van der Waals surface area contributed by atoms with E-state index in [0.29, 0.717) is 44.9 Å². The number of carbonyl (C=O) groups excluding carboxylic acids is 2. The third kappa shape index (κ3) is 3.48. The maximum atomic E-state index is 12.9. The van der Waals surface area contributed by atoms with Crippen LogP contribution in [0.1, 0.15) is 36.2 Å². The van der Waals surface area contributed by atoms with Crippen molar-refractivity contribution in [3.05, 3.63) is 47.3 Å². The summed E-state index contributed by atoms with van der Waals surface area (Å²) in [5, 5.41) is 7.62. The second-order valence-corrected chi connectivity index (χ2v) is 7.87. The van der Waals surface area contributed by atoms with Crippen molar-refractivity contribution in [1.82, 2.24) is 20.0 Å². The van der Waals surface area contributed by atoms with Crippen LogP contribution in [-0.4, -0.2) is 45.2 Å². The molecule has 0 bridgehead atoms. The molecule has 7 heteroatoms. The molecular formula is C21H24N4O3. The Bertz CT molecular complexity index is 893. The SMILES string of the molecule is O=C(CCc1cc2n(n1)CCN(C(=O)[C@@H]1Cc3ccccc3O1)C2)NC1CC1. The highest BCUT2D eigenvalue weighted by atomic mass is 16.5. The maximum absolute atomic E-state index is 12.9. The molecule has 1 N–H and O–H groups in total. The van der Waals surface area contributed by atoms with Gasteiger partial charge in [-0.2, -0.15) is 5.10 Å². The Labute approximate surface area is 163 Å². The van der Waals surface area contributed by atoms with E-state index in [-0.39, 0.29) is 11.8 Å². The number of hydrogen-bond acceptors (Lipinski definition) is 4. The van der Waals surface area contributed by atoms with E-state index in [0.717, 1.165) is 35.5 Å². The van der Waals surface area contributed by atoms with Crippen molar-refractivity contribution in [3.63, 3.8) is 0 Å². The number of carbonyl (C=O) groups is 2. The zero-order valence-corrected chi connectivity index (χ0v) is 15.8. The van der Waals surface area contributed by atoms with Gasteiger partial charge in [-0.05, 0) is 30.5 Å². The maximum Gasteiger partial charge on any atom is 0.264 e. The molecule has 2 aliphatic heterocycles. The molecule has 3 heterocycles. The number of benzene rings is 1. The number of ether oxygens (including phenoxy) is 1. The first-order chi connectivity index (χ1) is 13.7. The van der Waals surface area contributed by atoms with Crippen LogP contribution in [0.3, 0.4) is 0 Å². The van der Waals surface area contributed by atoms with Gasteiger partial charge in [0.1, 0.15) is 5.75 Å². The molecule has 1 aromatic heterocycles. The van der Waals surface area contributed by atoms with Crippen LogP contribution in [0.4, 0.5) is 0 Å². The van der Waals surface area contributed by atoms with Gasteiger partial charge in [0.05, 0.1) is 24.5 Å². The Kier molecular flexibility index (Phi) is 4.30. The molecule has 1 atom stereocenters. The fourth-order valence-corrected chi connectivity index (χ4v) is 3.93. The lowest BCUT2D eigenvalue weighted by Crippen LogP contribution is -2.45. The molecule has 0 saturated heterocycles. The standard InChI is InChI=1S/C21H24N4O3/c26-20(22-15-5-6-15)8-7-16-12-17-13-24(9-10-25(17)23-16)21(27)19-11-14-3-1-2-4-18(14)28-19/h1-4,12,15,19H,5-11,13H2,(H,22,26)/t19-/m0/s1. The number of amides is 2. The third-order valence-corrected chi connectivity index (χ3v) is 5.63. The molecule has 3 aliphatic rings. The van der Waals surface area contributed by atoms with Crippen molar-refractivity contribution >= 4 is 11.8 Å². The molecule has 0 unspecified atom stereocenters. The van der Waals surface area contributed by atoms with Gasteiger partial charge in [0.25, 0.3) is 5.91 Å². The van der Waals surface area contributed by atoms with Gasteiger partial charge in [0, 0.05) is 31.8 Å². The molecule has 7 nitrogen and oxygen atoms in total. The smallest absolute Gasteiger partial charge is 0.264 e. The van der Waals surface area contributed by atoms with E-state index < -0.39 is 6.10 Å². The first kappa shape index (κ1) is 17.3. The van der Waals surface area contributed by atoms with Crippen molar-refractivity contribution in [3.8, 4) is 5.75 Å². The summed E-state index contributed by atoms with van der Waals surface area (Å²) in [6, 6.07) is 10.2. The van der Waals surface area contributed by atoms with Crippen LogP contribution in [0.2, 0.25) is 0 Å². The first-order valence-electron chi connectivity index (χ1n) is 10.0. The van der Waals surface area contributed by atoms with E-state index in [9.17, 15) is 9.59 Å². The second-order valence-electron chi connectivity index (χ2n) is 7.87. The van der Waals surface area contributed by atoms with Crippen molar-refractivity contribution in [2.75, 3.05) is 6.54 Å². The number of aromatic nitrogens is 2. The summed E-state index contributed by atoms with van der Waals surface area (Å²) in [6.45, 7) is 1.84. The lowest BCUT2D eigenvalue weighted by molar-refractivity contribution is -0.139. The average Bonchev–Trinajstić information content (AvgIpc) is 3.26. The molecule has 146 valence electrons. The topological polar surface area (TPSA) is 76.5 Å². The number of fused-ring (bicyclic) bond motifs is 2. The summed E-state index contributed by atoms with van der Waals surface area (Å²) in [4.78, 5) is 26.7. The molecule has 0 spiro atoms. The van der Waals surface area contributed by atoms with Crippen molar-refractivity contribution in [2.24, 2.45) is 0 Å². The van der Waals surface area contributed by atoms with Crippen molar-refractivity contribution < 1.29 is 14.3 Å². The second kappa shape index (κ2) is 6.96. The number of rotatable bonds is 5. The molecule has 1 fully saturated rings. The summed E-state index contributed by atoms with van der Waals surface area (Å²) in [5.41, 5.74) is 3.03. The van der Waals surface area contributed by atoms with Crippen LogP contribution < -0.4 is 10.1 Å². The third-order valence-electron chi connectivity index (χ3n) is 5.63. The number of hydrogen-bond donors (Lipinski definition) is 1. The quantitative estimate of drug-likeness (QED) is 0.852. The summed E-state index contributed by atoms with van der Waals surface area (Å²) < 4.78 is 7.82. The van der Waals surface area contributed by atoms with Gasteiger partial charge < -0.3 is 15.0 Å². The Morgan fingerprint density at radius 1 is 1.21 bits per heavy atom. The first-order valence-corrected chi connectivity index (χ1v) is 10.0. The minimum absolute atomic E-state index is 0.0361. The van der Waals surface area contributed by atoms with E-state index in [4.69, 9.17) is 4.74 Å². The van der Waals surface area contributed by atoms with Crippen molar-refractivity contribution in [1.29, 1.82) is 0 Å². The van der Waals surface area contributed by atoms with E-state index in [1.165, 1.54) is 0 Å². The van der Waals surface area contributed by atoms with Gasteiger partial charge in [-0.1, -0.05) is 18.2 Å². The van der Waals surface area contributed by atoms with Crippen LogP contribution >= 0.6 is 0 Å². The number of nitrogens with zero attached hydrogens (tertiary/aromatic N) is 3. The number of aryl methyl sites for hydroxylation is 1. The van der Waals surface area contributed by atoms with Crippen molar-refractivity contribution in [2.45, 2.75) is 57.3 Å². The van der Waals surface area contributed by atoms with E-state index >= 15 is 0 Å². The lowest BCUT2D eigenvalue weighted by Gasteiger charge is -2.29. The number of nitrogens with one attached hydrogen (secondary N) is 1. The summed E-state index contributed by atoms with van der Waals surface area (Å²) in [7, 11) is 0. The Morgan fingerprint density at radius 3 is 2.89 bits per heavy atom. The molecule has 1 aromatic carbocycles. The van der Waals surface area contributed by atoms with Crippen LogP contribution in [0.5, 0.6) is 5.75 Å². The zero-order valence-electron chi connectivity index (χ0n) is 15.8. The fourth-order valence-electron chi connectivity index (χ4n) is 3.93. The minimum atomic E-state index is -0.433. The van der Waals surface area contributed by atoms with E-state index in [1.807, 2.05) is 39.9 Å². The summed E-state index contributed by atoms with van der Waals surface area (Å²) in [6.07, 6.45) is 3.50. The van der Waals surface area contributed by atoms with Crippen LogP contribution in [0.25, 0.3) is 0 Å². The van der Waals surface area contributed by atoms with Gasteiger partial charge in [0.2, 0.25) is 5.91 Å². The molecule has 5 rings (SSSR count).